The van der Waals surface area contributed by atoms with Gasteiger partial charge in [0.05, 0.1) is 11.6 Å². The highest BCUT2D eigenvalue weighted by molar-refractivity contribution is 5.97. The third-order valence-corrected chi connectivity index (χ3v) is 5.87. The Labute approximate surface area is 173 Å². The molecule has 2 aliphatic heterocycles. The number of aryl methyl sites for hydroxylation is 1. The predicted octanol–water partition coefficient (Wildman–Crippen LogP) is 1.45. The Bertz CT molecular complexity index is 1100. The normalized spacial score (nSPS) is 17.2. The van der Waals surface area contributed by atoms with Crippen molar-refractivity contribution in [1.29, 1.82) is 0 Å². The maximum absolute atomic E-state index is 12.9. The van der Waals surface area contributed by atoms with Crippen LogP contribution in [0.1, 0.15) is 23.2 Å². The second-order valence-corrected chi connectivity index (χ2v) is 7.68. The van der Waals surface area contributed by atoms with Gasteiger partial charge in [-0.05, 0) is 30.7 Å². The Balaban J connectivity index is 1.26. The van der Waals surface area contributed by atoms with Crippen LogP contribution in [0, 0.1) is 0 Å². The van der Waals surface area contributed by atoms with Gasteiger partial charge in [-0.15, -0.1) is 0 Å². The van der Waals surface area contributed by atoms with Crippen LogP contribution in [0.4, 0.5) is 11.5 Å². The molecule has 30 heavy (non-hydrogen) atoms. The van der Waals surface area contributed by atoms with Gasteiger partial charge in [-0.3, -0.25) is 14.3 Å². The van der Waals surface area contributed by atoms with Gasteiger partial charge in [-0.25, -0.2) is 9.97 Å². The first kappa shape index (κ1) is 18.5. The Morgan fingerprint density at radius 1 is 1.00 bits per heavy atom. The molecule has 4 heterocycles. The fourth-order valence-electron chi connectivity index (χ4n) is 4.21. The maximum atomic E-state index is 12.9. The molecule has 154 valence electrons. The van der Waals surface area contributed by atoms with Crippen molar-refractivity contribution in [1.82, 2.24) is 24.6 Å². The molecule has 2 aromatic heterocycles. The molecule has 2 saturated heterocycles. The average molecular weight is 405 g/mol. The van der Waals surface area contributed by atoms with Gasteiger partial charge in [0.1, 0.15) is 12.1 Å². The van der Waals surface area contributed by atoms with Crippen LogP contribution in [0.3, 0.4) is 0 Å². The standard InChI is InChI=1S/C21H23N7O2/c1-25-19-17(13-24-25)20(23-14-22-19)26-9-11-27(12-10-26)21(30)15-4-6-16(7-5-15)28-8-2-3-18(28)29/h4-7,13-14H,2-3,8-12H2,1H3. The van der Waals surface area contributed by atoms with E-state index in [0.717, 1.165) is 35.5 Å². The van der Waals surface area contributed by atoms with E-state index in [1.807, 2.05) is 36.2 Å². The van der Waals surface area contributed by atoms with Gasteiger partial charge < -0.3 is 14.7 Å². The molecular formula is C21H23N7O2. The van der Waals surface area contributed by atoms with Crippen LogP contribution in [-0.2, 0) is 11.8 Å². The van der Waals surface area contributed by atoms with E-state index in [1.165, 1.54) is 0 Å². The fraction of sp³-hybridized carbons (Fsp3) is 0.381. The van der Waals surface area contributed by atoms with Crippen LogP contribution in [-0.4, -0.2) is 69.2 Å². The van der Waals surface area contributed by atoms with E-state index in [4.69, 9.17) is 0 Å². The molecule has 2 aliphatic rings. The van der Waals surface area contributed by atoms with E-state index in [9.17, 15) is 9.59 Å². The highest BCUT2D eigenvalue weighted by Crippen LogP contribution is 2.25. The van der Waals surface area contributed by atoms with Gasteiger partial charge in [0.15, 0.2) is 5.65 Å². The first-order valence-electron chi connectivity index (χ1n) is 10.2. The molecule has 0 atom stereocenters. The Morgan fingerprint density at radius 2 is 1.77 bits per heavy atom. The number of nitrogens with zero attached hydrogens (tertiary/aromatic N) is 7. The third kappa shape index (κ3) is 3.16. The lowest BCUT2D eigenvalue weighted by atomic mass is 10.1. The van der Waals surface area contributed by atoms with Gasteiger partial charge in [0.25, 0.3) is 5.91 Å². The van der Waals surface area contributed by atoms with Crippen LogP contribution in [0.2, 0.25) is 0 Å². The highest BCUT2D eigenvalue weighted by Gasteiger charge is 2.25. The number of anilines is 2. The van der Waals surface area contributed by atoms with Crippen molar-refractivity contribution in [2.24, 2.45) is 7.05 Å². The van der Waals surface area contributed by atoms with E-state index in [2.05, 4.69) is 20.0 Å². The molecule has 1 aromatic carbocycles. The number of benzene rings is 1. The number of piperazine rings is 1. The van der Waals surface area contributed by atoms with E-state index in [1.54, 1.807) is 22.1 Å². The SMILES string of the molecule is Cn1ncc2c(N3CCN(C(=O)c4ccc(N5CCCC5=O)cc4)CC3)ncnc21. The summed E-state index contributed by atoms with van der Waals surface area (Å²) in [6.07, 6.45) is 4.84. The minimum Gasteiger partial charge on any atom is -0.352 e. The zero-order valence-electron chi connectivity index (χ0n) is 16.9. The summed E-state index contributed by atoms with van der Waals surface area (Å²) in [5, 5.41) is 5.20. The molecule has 9 nitrogen and oxygen atoms in total. The van der Waals surface area contributed by atoms with Crippen molar-refractivity contribution in [2.75, 3.05) is 42.5 Å². The summed E-state index contributed by atoms with van der Waals surface area (Å²) < 4.78 is 1.74. The fourth-order valence-corrected chi connectivity index (χ4v) is 4.21. The molecule has 0 saturated carbocycles. The molecule has 5 rings (SSSR count). The van der Waals surface area contributed by atoms with Crippen molar-refractivity contribution in [3.63, 3.8) is 0 Å². The van der Waals surface area contributed by atoms with E-state index < -0.39 is 0 Å². The molecule has 3 aromatic rings. The number of carbonyl (C=O) groups is 2. The zero-order chi connectivity index (χ0) is 20.7. The number of amides is 2. The zero-order valence-corrected chi connectivity index (χ0v) is 16.9. The monoisotopic (exact) mass is 405 g/mol. The second kappa shape index (κ2) is 7.40. The van der Waals surface area contributed by atoms with Crippen LogP contribution in [0.5, 0.6) is 0 Å². The van der Waals surface area contributed by atoms with Crippen molar-refractivity contribution >= 4 is 34.4 Å². The molecule has 2 fully saturated rings. The number of fused-ring (bicyclic) bond motifs is 1. The summed E-state index contributed by atoms with van der Waals surface area (Å²) in [5.74, 6) is 1.03. The van der Waals surface area contributed by atoms with Crippen LogP contribution in [0.15, 0.2) is 36.8 Å². The minimum absolute atomic E-state index is 0.0168. The average Bonchev–Trinajstić information content (AvgIpc) is 3.39. The maximum Gasteiger partial charge on any atom is 0.253 e. The van der Waals surface area contributed by atoms with E-state index in [-0.39, 0.29) is 11.8 Å². The smallest absolute Gasteiger partial charge is 0.253 e. The van der Waals surface area contributed by atoms with Gasteiger partial charge in [0.2, 0.25) is 5.91 Å². The first-order valence-corrected chi connectivity index (χ1v) is 10.2. The van der Waals surface area contributed by atoms with Gasteiger partial charge >= 0.3 is 0 Å². The van der Waals surface area contributed by atoms with Crippen LogP contribution >= 0.6 is 0 Å². The van der Waals surface area contributed by atoms with Crippen molar-refractivity contribution in [2.45, 2.75) is 12.8 Å². The molecule has 2 amide bonds. The Kier molecular flexibility index (Phi) is 4.57. The molecule has 0 radical (unpaired) electrons. The lowest BCUT2D eigenvalue weighted by Gasteiger charge is -2.35. The molecule has 0 N–H and O–H groups in total. The number of hydrogen-bond acceptors (Lipinski definition) is 6. The van der Waals surface area contributed by atoms with Gasteiger partial charge in [-0.1, -0.05) is 0 Å². The number of hydrogen-bond donors (Lipinski definition) is 0. The Morgan fingerprint density at radius 3 is 2.47 bits per heavy atom. The lowest BCUT2D eigenvalue weighted by molar-refractivity contribution is -0.117. The molecule has 0 unspecified atom stereocenters. The number of rotatable bonds is 3. The van der Waals surface area contributed by atoms with Crippen LogP contribution in [0.25, 0.3) is 11.0 Å². The molecule has 0 aliphatic carbocycles. The highest BCUT2D eigenvalue weighted by atomic mass is 16.2. The number of carbonyl (C=O) groups excluding carboxylic acids is 2. The summed E-state index contributed by atoms with van der Waals surface area (Å²) in [6, 6.07) is 7.37. The molecule has 0 bridgehead atoms. The molecule has 0 spiro atoms. The van der Waals surface area contributed by atoms with Crippen LogP contribution < -0.4 is 9.80 Å². The van der Waals surface area contributed by atoms with Crippen molar-refractivity contribution < 1.29 is 9.59 Å². The van der Waals surface area contributed by atoms with Gasteiger partial charge in [0, 0.05) is 57.4 Å². The number of aromatic nitrogens is 4. The summed E-state index contributed by atoms with van der Waals surface area (Å²) >= 11 is 0. The minimum atomic E-state index is 0.0168. The largest absolute Gasteiger partial charge is 0.352 e. The molecular weight excluding hydrogens is 382 g/mol. The molecule has 9 heteroatoms. The van der Waals surface area contributed by atoms with Crippen molar-refractivity contribution in [3.8, 4) is 0 Å². The van der Waals surface area contributed by atoms with Crippen molar-refractivity contribution in [3.05, 3.63) is 42.4 Å². The second-order valence-electron chi connectivity index (χ2n) is 7.68. The predicted molar refractivity (Wildman–Crippen MR) is 112 cm³/mol. The Hall–Kier alpha value is -3.49. The lowest BCUT2D eigenvalue weighted by Crippen LogP contribution is -2.49. The summed E-state index contributed by atoms with van der Waals surface area (Å²) in [5.41, 5.74) is 2.31. The van der Waals surface area contributed by atoms with E-state index in [0.29, 0.717) is 38.2 Å². The van der Waals surface area contributed by atoms with E-state index >= 15 is 0 Å². The summed E-state index contributed by atoms with van der Waals surface area (Å²) in [6.45, 7) is 3.40. The topological polar surface area (TPSA) is 87.5 Å². The first-order chi connectivity index (χ1) is 14.6. The summed E-state index contributed by atoms with van der Waals surface area (Å²) in [4.78, 5) is 39.4. The van der Waals surface area contributed by atoms with Gasteiger partial charge in [-0.2, -0.15) is 5.10 Å². The third-order valence-electron chi connectivity index (χ3n) is 5.87. The summed E-state index contributed by atoms with van der Waals surface area (Å²) in [7, 11) is 1.86. The quantitative estimate of drug-likeness (QED) is 0.656.